The van der Waals surface area contributed by atoms with Gasteiger partial charge in [0.1, 0.15) is 0 Å². The van der Waals surface area contributed by atoms with Crippen molar-refractivity contribution in [2.45, 2.75) is 13.3 Å². The van der Waals surface area contributed by atoms with Crippen molar-refractivity contribution in [2.75, 3.05) is 13.1 Å². The van der Waals surface area contributed by atoms with Crippen LogP contribution in [-0.4, -0.2) is 24.0 Å². The third kappa shape index (κ3) is 6.01. The highest BCUT2D eigenvalue weighted by Crippen LogP contribution is 2.21. The van der Waals surface area contributed by atoms with E-state index in [2.05, 4.69) is 39.9 Å². The molecular weight excluding hydrogens is 329 g/mol. The molecule has 4 nitrogen and oxygen atoms in total. The fraction of sp³-hybridized carbons (Fsp3) is 0.286. The predicted octanol–water partition coefficient (Wildman–Crippen LogP) is 2.58. The number of halogens is 2. The van der Waals surface area contributed by atoms with Crippen LogP contribution in [-0.2, 0) is 11.2 Å². The Morgan fingerprint density at radius 2 is 1.95 bits per heavy atom. The summed E-state index contributed by atoms with van der Waals surface area (Å²) in [5.41, 5.74) is 8.55. The second-order valence-corrected chi connectivity index (χ2v) is 5.31. The third-order valence-electron chi connectivity index (χ3n) is 2.79. The van der Waals surface area contributed by atoms with Crippen molar-refractivity contribution >= 4 is 42.1 Å². The molecule has 21 heavy (non-hydrogen) atoms. The standard InChI is InChI=1S/C14H17N3OS.2ClH/c1-10-17-13(9-19-10)12-4-2-11(3-5-12)6-7-16-14(18)8-15;;/h2-5,9H,6-8,15H2,1H3,(H,16,18);2*1H. The molecule has 1 amide bonds. The SMILES string of the molecule is Cc1nc(-c2ccc(CCNC(=O)CN)cc2)cs1.Cl.Cl. The van der Waals surface area contributed by atoms with Gasteiger partial charge in [-0.1, -0.05) is 24.3 Å². The minimum atomic E-state index is -0.116. The van der Waals surface area contributed by atoms with Crippen molar-refractivity contribution in [3.05, 3.63) is 40.2 Å². The number of hydrogen-bond acceptors (Lipinski definition) is 4. The molecule has 2 rings (SSSR count). The highest BCUT2D eigenvalue weighted by atomic mass is 35.5. The smallest absolute Gasteiger partial charge is 0.233 e. The number of nitrogens with one attached hydrogen (secondary N) is 1. The van der Waals surface area contributed by atoms with Gasteiger partial charge in [-0.3, -0.25) is 4.79 Å². The number of hydrogen-bond donors (Lipinski definition) is 2. The number of nitrogens with two attached hydrogens (primary N) is 1. The van der Waals surface area contributed by atoms with Crippen molar-refractivity contribution in [2.24, 2.45) is 5.73 Å². The molecule has 1 aromatic carbocycles. The molecule has 2 aromatic rings. The van der Waals surface area contributed by atoms with Gasteiger partial charge in [0.05, 0.1) is 17.2 Å². The van der Waals surface area contributed by atoms with Gasteiger partial charge in [-0.2, -0.15) is 0 Å². The molecular formula is C14H19Cl2N3OS. The molecule has 0 aliphatic rings. The maximum atomic E-state index is 11.0. The summed E-state index contributed by atoms with van der Waals surface area (Å²) >= 11 is 1.65. The first-order chi connectivity index (χ1) is 9.19. The quantitative estimate of drug-likeness (QED) is 0.873. The van der Waals surface area contributed by atoms with E-state index in [1.807, 2.05) is 6.92 Å². The van der Waals surface area contributed by atoms with Gasteiger partial charge < -0.3 is 11.1 Å². The normalized spacial score (nSPS) is 9.43. The number of aromatic nitrogens is 1. The van der Waals surface area contributed by atoms with E-state index < -0.39 is 0 Å². The molecule has 0 unspecified atom stereocenters. The Morgan fingerprint density at radius 3 is 2.48 bits per heavy atom. The monoisotopic (exact) mass is 347 g/mol. The van der Waals surface area contributed by atoms with Crippen LogP contribution in [0.25, 0.3) is 11.3 Å². The van der Waals surface area contributed by atoms with E-state index in [0.717, 1.165) is 22.7 Å². The van der Waals surface area contributed by atoms with Gasteiger partial charge in [-0.15, -0.1) is 36.2 Å². The number of rotatable bonds is 5. The van der Waals surface area contributed by atoms with Crippen LogP contribution in [0, 0.1) is 6.92 Å². The van der Waals surface area contributed by atoms with Crippen LogP contribution in [0.3, 0.4) is 0 Å². The van der Waals surface area contributed by atoms with E-state index in [-0.39, 0.29) is 37.3 Å². The molecule has 1 heterocycles. The zero-order valence-corrected chi connectivity index (χ0v) is 14.1. The largest absolute Gasteiger partial charge is 0.355 e. The number of aryl methyl sites for hydroxylation is 1. The fourth-order valence-electron chi connectivity index (χ4n) is 1.76. The Balaban J connectivity index is 0.00000200. The van der Waals surface area contributed by atoms with Crippen LogP contribution < -0.4 is 11.1 Å². The Bertz CT molecular complexity index is 558. The van der Waals surface area contributed by atoms with Crippen molar-refractivity contribution in [1.29, 1.82) is 0 Å². The Labute approximate surface area is 141 Å². The van der Waals surface area contributed by atoms with Gasteiger partial charge in [0, 0.05) is 17.5 Å². The highest BCUT2D eigenvalue weighted by Gasteiger charge is 2.02. The molecule has 0 atom stereocenters. The average Bonchev–Trinajstić information content (AvgIpc) is 2.86. The van der Waals surface area contributed by atoms with Gasteiger partial charge in [-0.05, 0) is 18.9 Å². The summed E-state index contributed by atoms with van der Waals surface area (Å²) in [5.74, 6) is -0.116. The minimum absolute atomic E-state index is 0. The average molecular weight is 348 g/mol. The predicted molar refractivity (Wildman–Crippen MR) is 92.6 cm³/mol. The molecule has 0 radical (unpaired) electrons. The summed E-state index contributed by atoms with van der Waals surface area (Å²) in [7, 11) is 0. The van der Waals surface area contributed by atoms with Gasteiger partial charge >= 0.3 is 0 Å². The maximum absolute atomic E-state index is 11.0. The molecule has 0 aliphatic heterocycles. The zero-order valence-electron chi connectivity index (χ0n) is 11.7. The van der Waals surface area contributed by atoms with Crippen molar-refractivity contribution < 1.29 is 4.79 Å². The van der Waals surface area contributed by atoms with Crippen LogP contribution >= 0.6 is 36.2 Å². The Hall–Kier alpha value is -1.14. The summed E-state index contributed by atoms with van der Waals surface area (Å²) in [6.07, 6.45) is 0.808. The lowest BCUT2D eigenvalue weighted by Crippen LogP contribution is -2.31. The summed E-state index contributed by atoms with van der Waals surface area (Å²) in [6.45, 7) is 2.66. The van der Waals surface area contributed by atoms with E-state index in [4.69, 9.17) is 5.73 Å². The molecule has 0 fully saturated rings. The highest BCUT2D eigenvalue weighted by molar-refractivity contribution is 7.09. The second-order valence-electron chi connectivity index (χ2n) is 4.25. The number of benzene rings is 1. The van der Waals surface area contributed by atoms with E-state index in [0.29, 0.717) is 6.54 Å². The van der Waals surface area contributed by atoms with Crippen molar-refractivity contribution in [3.8, 4) is 11.3 Å². The summed E-state index contributed by atoms with van der Waals surface area (Å²) in [4.78, 5) is 15.5. The second kappa shape index (κ2) is 9.73. The summed E-state index contributed by atoms with van der Waals surface area (Å²) in [5, 5.41) is 5.89. The molecule has 0 saturated carbocycles. The molecule has 7 heteroatoms. The molecule has 0 saturated heterocycles. The van der Waals surface area contributed by atoms with E-state index in [1.165, 1.54) is 5.56 Å². The number of thiazole rings is 1. The van der Waals surface area contributed by atoms with Gasteiger partial charge in [0.2, 0.25) is 5.91 Å². The lowest BCUT2D eigenvalue weighted by molar-refractivity contribution is -0.119. The number of carbonyl (C=O) groups is 1. The van der Waals surface area contributed by atoms with E-state index in [1.54, 1.807) is 11.3 Å². The molecule has 0 bridgehead atoms. The molecule has 116 valence electrons. The Kier molecular flexibility index (Phi) is 9.21. The Morgan fingerprint density at radius 1 is 1.29 bits per heavy atom. The number of amides is 1. The van der Waals surface area contributed by atoms with Crippen molar-refractivity contribution in [1.82, 2.24) is 10.3 Å². The fourth-order valence-corrected chi connectivity index (χ4v) is 2.38. The first-order valence-corrected chi connectivity index (χ1v) is 7.05. The van der Waals surface area contributed by atoms with Gasteiger partial charge in [0.25, 0.3) is 0 Å². The molecule has 0 aliphatic carbocycles. The van der Waals surface area contributed by atoms with Crippen LogP contribution in [0.1, 0.15) is 10.6 Å². The third-order valence-corrected chi connectivity index (χ3v) is 3.56. The zero-order chi connectivity index (χ0) is 13.7. The van der Waals surface area contributed by atoms with Crippen LogP contribution in [0.15, 0.2) is 29.6 Å². The van der Waals surface area contributed by atoms with Gasteiger partial charge in [0.15, 0.2) is 0 Å². The number of nitrogens with zero attached hydrogens (tertiary/aromatic N) is 1. The minimum Gasteiger partial charge on any atom is -0.355 e. The van der Waals surface area contributed by atoms with E-state index in [9.17, 15) is 4.79 Å². The first kappa shape index (κ1) is 19.9. The summed E-state index contributed by atoms with van der Waals surface area (Å²) < 4.78 is 0. The lowest BCUT2D eigenvalue weighted by Gasteiger charge is -2.04. The maximum Gasteiger partial charge on any atom is 0.233 e. The summed E-state index contributed by atoms with van der Waals surface area (Å²) in [6, 6.07) is 8.26. The lowest BCUT2D eigenvalue weighted by atomic mass is 10.1. The van der Waals surface area contributed by atoms with E-state index >= 15 is 0 Å². The molecule has 1 aromatic heterocycles. The first-order valence-electron chi connectivity index (χ1n) is 6.17. The molecule has 3 N–H and O–H groups in total. The van der Waals surface area contributed by atoms with Crippen LogP contribution in [0.5, 0.6) is 0 Å². The number of carbonyl (C=O) groups excluding carboxylic acids is 1. The van der Waals surface area contributed by atoms with Crippen molar-refractivity contribution in [3.63, 3.8) is 0 Å². The van der Waals surface area contributed by atoms with Crippen LogP contribution in [0.2, 0.25) is 0 Å². The van der Waals surface area contributed by atoms with Crippen LogP contribution in [0.4, 0.5) is 0 Å². The topological polar surface area (TPSA) is 68.0 Å². The molecule has 0 spiro atoms. The van der Waals surface area contributed by atoms with Gasteiger partial charge in [-0.25, -0.2) is 4.98 Å².